The third-order valence-corrected chi connectivity index (χ3v) is 5.06. The Balaban J connectivity index is 1.60. The summed E-state index contributed by atoms with van der Waals surface area (Å²) in [6.07, 6.45) is 4.46. The third-order valence-electron chi connectivity index (χ3n) is 5.06. The molecule has 0 aromatic carbocycles. The summed E-state index contributed by atoms with van der Waals surface area (Å²) in [4.78, 5) is 25.3. The average molecular weight is 267 g/mol. The molecule has 3 rings (SSSR count). The van der Waals surface area contributed by atoms with Crippen LogP contribution in [0, 0.1) is 17.3 Å². The van der Waals surface area contributed by atoms with E-state index in [4.69, 9.17) is 9.84 Å². The maximum absolute atomic E-state index is 12.5. The first-order valence-corrected chi connectivity index (χ1v) is 7.22. The Bertz CT molecular complexity index is 389. The molecule has 3 aliphatic rings. The highest BCUT2D eigenvalue weighted by Gasteiger charge is 2.59. The molecule has 1 saturated carbocycles. The topological polar surface area (TPSA) is 66.8 Å². The highest BCUT2D eigenvalue weighted by molar-refractivity contribution is 5.83. The zero-order valence-corrected chi connectivity index (χ0v) is 11.1. The van der Waals surface area contributed by atoms with Crippen molar-refractivity contribution in [1.29, 1.82) is 0 Å². The SMILES string of the molecule is O=C(O)C1CCCN(C(=O)C2CC23CCOCC3)C1. The lowest BCUT2D eigenvalue weighted by atomic mass is 9.92. The second-order valence-electron chi connectivity index (χ2n) is 6.19. The summed E-state index contributed by atoms with van der Waals surface area (Å²) in [6, 6.07) is 0. The smallest absolute Gasteiger partial charge is 0.308 e. The van der Waals surface area contributed by atoms with E-state index in [1.54, 1.807) is 4.90 Å². The van der Waals surface area contributed by atoms with Crippen molar-refractivity contribution in [2.75, 3.05) is 26.3 Å². The van der Waals surface area contributed by atoms with E-state index in [9.17, 15) is 9.59 Å². The van der Waals surface area contributed by atoms with Gasteiger partial charge in [0.15, 0.2) is 0 Å². The molecule has 2 aliphatic heterocycles. The van der Waals surface area contributed by atoms with Crippen LogP contribution in [0.3, 0.4) is 0 Å². The van der Waals surface area contributed by atoms with Gasteiger partial charge in [0.05, 0.1) is 5.92 Å². The number of hydrogen-bond donors (Lipinski definition) is 1. The minimum absolute atomic E-state index is 0.129. The van der Waals surface area contributed by atoms with Crippen LogP contribution >= 0.6 is 0 Å². The van der Waals surface area contributed by atoms with E-state index in [0.717, 1.165) is 45.4 Å². The molecule has 1 N–H and O–H groups in total. The van der Waals surface area contributed by atoms with Crippen molar-refractivity contribution in [2.24, 2.45) is 17.3 Å². The van der Waals surface area contributed by atoms with Crippen molar-refractivity contribution >= 4 is 11.9 Å². The Kier molecular flexibility index (Phi) is 3.25. The maximum Gasteiger partial charge on any atom is 0.308 e. The van der Waals surface area contributed by atoms with Crippen molar-refractivity contribution in [3.63, 3.8) is 0 Å². The number of hydrogen-bond acceptors (Lipinski definition) is 3. The number of carboxylic acids is 1. The van der Waals surface area contributed by atoms with Gasteiger partial charge in [-0.15, -0.1) is 0 Å². The fourth-order valence-electron chi connectivity index (χ4n) is 3.63. The summed E-state index contributed by atoms with van der Waals surface area (Å²) in [5, 5.41) is 9.08. The number of piperidine rings is 1. The molecule has 5 nitrogen and oxygen atoms in total. The number of nitrogens with zero attached hydrogens (tertiary/aromatic N) is 1. The second-order valence-corrected chi connectivity index (χ2v) is 6.19. The van der Waals surface area contributed by atoms with Crippen LogP contribution in [0.15, 0.2) is 0 Å². The molecule has 19 heavy (non-hydrogen) atoms. The van der Waals surface area contributed by atoms with Gasteiger partial charge in [-0.2, -0.15) is 0 Å². The van der Waals surface area contributed by atoms with Crippen LogP contribution in [-0.2, 0) is 14.3 Å². The number of carboxylic acid groups (broad SMARTS) is 1. The van der Waals surface area contributed by atoms with E-state index in [1.807, 2.05) is 0 Å². The molecule has 2 saturated heterocycles. The van der Waals surface area contributed by atoms with Crippen LogP contribution in [0.2, 0.25) is 0 Å². The highest BCUT2D eigenvalue weighted by atomic mass is 16.5. The van der Waals surface area contributed by atoms with E-state index in [2.05, 4.69) is 0 Å². The summed E-state index contributed by atoms with van der Waals surface area (Å²) in [5.41, 5.74) is 0.186. The predicted octanol–water partition coefficient (Wildman–Crippen LogP) is 1.13. The number of aliphatic carboxylic acids is 1. The van der Waals surface area contributed by atoms with Gasteiger partial charge in [0.1, 0.15) is 0 Å². The number of likely N-dealkylation sites (tertiary alicyclic amines) is 1. The first-order chi connectivity index (χ1) is 9.12. The zero-order valence-electron chi connectivity index (χ0n) is 11.1. The Morgan fingerprint density at radius 1 is 1.26 bits per heavy atom. The van der Waals surface area contributed by atoms with Crippen LogP contribution < -0.4 is 0 Å². The van der Waals surface area contributed by atoms with Crippen molar-refractivity contribution < 1.29 is 19.4 Å². The second kappa shape index (κ2) is 4.78. The number of rotatable bonds is 2. The monoisotopic (exact) mass is 267 g/mol. The minimum atomic E-state index is -0.769. The molecule has 1 amide bonds. The molecule has 2 heterocycles. The molecule has 0 aromatic heterocycles. The maximum atomic E-state index is 12.5. The van der Waals surface area contributed by atoms with E-state index >= 15 is 0 Å². The van der Waals surface area contributed by atoms with Gasteiger partial charge in [-0.1, -0.05) is 0 Å². The molecule has 0 radical (unpaired) electrons. The summed E-state index contributed by atoms with van der Waals surface area (Å²) >= 11 is 0. The largest absolute Gasteiger partial charge is 0.481 e. The van der Waals surface area contributed by atoms with E-state index in [0.29, 0.717) is 13.0 Å². The van der Waals surface area contributed by atoms with Gasteiger partial charge >= 0.3 is 5.97 Å². The van der Waals surface area contributed by atoms with E-state index < -0.39 is 5.97 Å². The Morgan fingerprint density at radius 3 is 2.68 bits per heavy atom. The van der Waals surface area contributed by atoms with Gasteiger partial charge in [-0.3, -0.25) is 9.59 Å². The van der Waals surface area contributed by atoms with Gasteiger partial charge in [0.25, 0.3) is 0 Å². The fourth-order valence-corrected chi connectivity index (χ4v) is 3.63. The van der Waals surface area contributed by atoms with E-state index in [-0.39, 0.29) is 23.2 Å². The number of carbonyl (C=O) groups excluding carboxylic acids is 1. The molecule has 3 fully saturated rings. The predicted molar refractivity (Wildman–Crippen MR) is 67.5 cm³/mol. The Morgan fingerprint density at radius 2 is 2.00 bits per heavy atom. The summed E-state index contributed by atoms with van der Waals surface area (Å²) < 4.78 is 5.36. The molecule has 0 bridgehead atoms. The Labute approximate surface area is 112 Å². The highest BCUT2D eigenvalue weighted by Crippen LogP contribution is 2.59. The van der Waals surface area contributed by atoms with Gasteiger partial charge in [-0.05, 0) is 37.5 Å². The molecule has 1 spiro atoms. The normalized spacial score (nSPS) is 33.2. The third kappa shape index (κ3) is 2.36. The molecule has 106 valence electrons. The standard InChI is InChI=1S/C14H21NO4/c16-12(11-8-14(11)3-6-19-7-4-14)15-5-1-2-10(9-15)13(17)18/h10-11H,1-9H2,(H,17,18). The quantitative estimate of drug-likeness (QED) is 0.814. The van der Waals surface area contributed by atoms with Gasteiger partial charge in [-0.25, -0.2) is 0 Å². The molecule has 2 unspecified atom stereocenters. The Hall–Kier alpha value is -1.10. The van der Waals surface area contributed by atoms with Gasteiger partial charge in [0, 0.05) is 32.2 Å². The summed E-state index contributed by atoms with van der Waals surface area (Å²) in [7, 11) is 0. The summed E-state index contributed by atoms with van der Waals surface area (Å²) in [5.74, 6) is -0.826. The lowest BCUT2D eigenvalue weighted by Crippen LogP contribution is -2.43. The van der Waals surface area contributed by atoms with Crippen molar-refractivity contribution in [3.8, 4) is 0 Å². The number of ether oxygens (including phenoxy) is 1. The van der Waals surface area contributed by atoms with Crippen molar-refractivity contribution in [3.05, 3.63) is 0 Å². The van der Waals surface area contributed by atoms with Gasteiger partial charge < -0.3 is 14.7 Å². The molecule has 0 aromatic rings. The molecule has 5 heteroatoms. The minimum Gasteiger partial charge on any atom is -0.481 e. The molecule has 2 atom stereocenters. The van der Waals surface area contributed by atoms with E-state index in [1.165, 1.54) is 0 Å². The van der Waals surface area contributed by atoms with Crippen LogP contribution in [0.4, 0.5) is 0 Å². The number of carbonyl (C=O) groups is 2. The van der Waals surface area contributed by atoms with Gasteiger partial charge in [0.2, 0.25) is 5.91 Å². The van der Waals surface area contributed by atoms with Crippen molar-refractivity contribution in [1.82, 2.24) is 4.90 Å². The number of amides is 1. The van der Waals surface area contributed by atoms with Crippen molar-refractivity contribution in [2.45, 2.75) is 32.1 Å². The first kappa shape index (κ1) is 12.9. The van der Waals surface area contributed by atoms with Crippen LogP contribution in [-0.4, -0.2) is 48.2 Å². The molecule has 1 aliphatic carbocycles. The first-order valence-electron chi connectivity index (χ1n) is 7.22. The molecular weight excluding hydrogens is 246 g/mol. The zero-order chi connectivity index (χ0) is 13.5. The fraction of sp³-hybridized carbons (Fsp3) is 0.857. The lowest BCUT2D eigenvalue weighted by molar-refractivity contribution is -0.146. The van der Waals surface area contributed by atoms with Crippen LogP contribution in [0.1, 0.15) is 32.1 Å². The molecular formula is C14H21NO4. The average Bonchev–Trinajstić information content (AvgIpc) is 3.12. The van der Waals surface area contributed by atoms with Crippen LogP contribution in [0.25, 0.3) is 0 Å². The summed E-state index contributed by atoms with van der Waals surface area (Å²) in [6.45, 7) is 2.66. The lowest BCUT2D eigenvalue weighted by Gasteiger charge is -2.32. The van der Waals surface area contributed by atoms with Crippen LogP contribution in [0.5, 0.6) is 0 Å².